The van der Waals surface area contributed by atoms with Gasteiger partial charge in [0.2, 0.25) is 5.91 Å². The molecule has 2 fully saturated rings. The van der Waals surface area contributed by atoms with Crippen molar-refractivity contribution in [3.05, 3.63) is 24.2 Å². The minimum absolute atomic E-state index is 0. The van der Waals surface area contributed by atoms with Crippen molar-refractivity contribution < 1.29 is 17.6 Å². The van der Waals surface area contributed by atoms with Gasteiger partial charge in [-0.25, -0.2) is 8.42 Å². The quantitative estimate of drug-likeness (QED) is 0.246. The first-order chi connectivity index (χ1) is 14.5. The Morgan fingerprint density at radius 2 is 2.06 bits per heavy atom. The third kappa shape index (κ3) is 8.26. The molecule has 1 aromatic rings. The lowest BCUT2D eigenvalue weighted by atomic mass is 10.1. The van der Waals surface area contributed by atoms with Crippen LogP contribution in [0.2, 0.25) is 0 Å². The summed E-state index contributed by atoms with van der Waals surface area (Å²) in [6.45, 7) is 3.17. The van der Waals surface area contributed by atoms with E-state index in [9.17, 15) is 13.2 Å². The van der Waals surface area contributed by atoms with Gasteiger partial charge in [-0.3, -0.25) is 14.7 Å². The number of furan rings is 1. The van der Waals surface area contributed by atoms with Crippen LogP contribution in [-0.2, 0) is 14.6 Å². The fourth-order valence-electron chi connectivity index (χ4n) is 4.04. The molecule has 3 N–H and O–H groups in total. The zero-order valence-corrected chi connectivity index (χ0v) is 21.2. The number of carbonyl (C=O) groups is 1. The number of likely N-dealkylation sites (tertiary alicyclic amines) is 1. The topological polar surface area (TPSA) is 116 Å². The average Bonchev–Trinajstić information content (AvgIpc) is 3.37. The first-order valence-corrected chi connectivity index (χ1v) is 12.5. The van der Waals surface area contributed by atoms with E-state index in [0.717, 1.165) is 18.8 Å². The summed E-state index contributed by atoms with van der Waals surface area (Å²) in [4.78, 5) is 18.8. The van der Waals surface area contributed by atoms with E-state index in [1.54, 1.807) is 13.3 Å². The molecule has 1 amide bonds. The van der Waals surface area contributed by atoms with Gasteiger partial charge in [0.15, 0.2) is 15.8 Å². The van der Waals surface area contributed by atoms with Crippen LogP contribution in [0.3, 0.4) is 0 Å². The molecule has 2 aliphatic heterocycles. The van der Waals surface area contributed by atoms with E-state index in [2.05, 4.69) is 25.8 Å². The monoisotopic (exact) mass is 567 g/mol. The smallest absolute Gasteiger partial charge is 0.222 e. The fourth-order valence-corrected chi connectivity index (χ4v) is 5.71. The maximum absolute atomic E-state index is 12.1. The number of nitrogens with zero attached hydrogens (tertiary/aromatic N) is 2. The number of amides is 1. The maximum Gasteiger partial charge on any atom is 0.222 e. The van der Waals surface area contributed by atoms with E-state index in [-0.39, 0.29) is 59.9 Å². The number of hydrogen-bond acceptors (Lipinski definition) is 6. The highest BCUT2D eigenvalue weighted by Crippen LogP contribution is 2.24. The molecule has 11 heteroatoms. The first-order valence-electron chi connectivity index (χ1n) is 10.7. The molecule has 2 unspecified atom stereocenters. The van der Waals surface area contributed by atoms with Crippen LogP contribution in [-0.4, -0.2) is 76.0 Å². The standard InChI is InChI=1S/C20H33N5O4S.HI/c1-21-20(22-9-7-19(26)24-16-8-13-30(27,28)15-16)23-14-17(18-6-5-12-29-18)25-10-3-2-4-11-25;/h5-6,12,16-17H,2-4,7-11,13-15H2,1H3,(H,24,26)(H2,21,22,23);1H. The van der Waals surface area contributed by atoms with Crippen molar-refractivity contribution >= 4 is 45.7 Å². The number of aliphatic imine (C=N–C) groups is 1. The van der Waals surface area contributed by atoms with Crippen molar-refractivity contribution in [1.82, 2.24) is 20.9 Å². The zero-order chi connectivity index (χ0) is 21.4. The Morgan fingerprint density at radius 1 is 1.29 bits per heavy atom. The van der Waals surface area contributed by atoms with Gasteiger partial charge in [0, 0.05) is 32.6 Å². The summed E-state index contributed by atoms with van der Waals surface area (Å²) in [6.07, 6.45) is 6.12. The predicted octanol–water partition coefficient (Wildman–Crippen LogP) is 1.28. The van der Waals surface area contributed by atoms with Crippen LogP contribution in [0.1, 0.15) is 43.9 Å². The molecule has 0 radical (unpaired) electrons. The van der Waals surface area contributed by atoms with Gasteiger partial charge < -0.3 is 20.4 Å². The molecule has 9 nitrogen and oxygen atoms in total. The van der Waals surface area contributed by atoms with E-state index >= 15 is 0 Å². The summed E-state index contributed by atoms with van der Waals surface area (Å²) in [5.74, 6) is 1.60. The van der Waals surface area contributed by atoms with Gasteiger partial charge in [-0.1, -0.05) is 6.42 Å². The van der Waals surface area contributed by atoms with E-state index in [4.69, 9.17) is 4.42 Å². The van der Waals surface area contributed by atoms with Gasteiger partial charge in [0.05, 0.1) is 23.8 Å². The number of guanidine groups is 1. The molecular formula is C20H34IN5O4S. The highest BCUT2D eigenvalue weighted by Gasteiger charge is 2.28. The van der Waals surface area contributed by atoms with Crippen LogP contribution in [0.25, 0.3) is 0 Å². The Balaban J connectivity index is 0.00000341. The summed E-state index contributed by atoms with van der Waals surface area (Å²) in [7, 11) is -1.30. The van der Waals surface area contributed by atoms with Gasteiger partial charge in [-0.2, -0.15) is 0 Å². The largest absolute Gasteiger partial charge is 0.468 e. The lowest BCUT2D eigenvalue weighted by Crippen LogP contribution is -2.45. The Labute approximate surface area is 201 Å². The third-order valence-corrected chi connectivity index (χ3v) is 7.40. The average molecular weight is 567 g/mol. The van der Waals surface area contributed by atoms with Crippen molar-refractivity contribution in [3.63, 3.8) is 0 Å². The second-order valence-electron chi connectivity index (χ2n) is 7.93. The number of piperidine rings is 1. The Hall–Kier alpha value is -1.34. The molecule has 2 atom stereocenters. The minimum Gasteiger partial charge on any atom is -0.468 e. The number of carbonyl (C=O) groups excluding carboxylic acids is 1. The Kier molecular flexibility index (Phi) is 10.6. The molecule has 3 heterocycles. The maximum atomic E-state index is 12.1. The molecule has 176 valence electrons. The molecule has 0 spiro atoms. The van der Waals surface area contributed by atoms with E-state index in [0.29, 0.717) is 25.5 Å². The van der Waals surface area contributed by atoms with Crippen LogP contribution < -0.4 is 16.0 Å². The highest BCUT2D eigenvalue weighted by molar-refractivity contribution is 14.0. The Morgan fingerprint density at radius 3 is 2.68 bits per heavy atom. The van der Waals surface area contributed by atoms with Crippen molar-refractivity contribution in [2.24, 2.45) is 4.99 Å². The van der Waals surface area contributed by atoms with Crippen LogP contribution >= 0.6 is 24.0 Å². The molecule has 1 aromatic heterocycles. The second-order valence-corrected chi connectivity index (χ2v) is 10.2. The summed E-state index contributed by atoms with van der Waals surface area (Å²) < 4.78 is 28.7. The molecule has 0 bridgehead atoms. The van der Waals surface area contributed by atoms with E-state index in [1.165, 1.54) is 19.3 Å². The van der Waals surface area contributed by atoms with Crippen molar-refractivity contribution in [2.45, 2.75) is 44.2 Å². The first kappa shape index (κ1) is 25.9. The van der Waals surface area contributed by atoms with Crippen LogP contribution in [0.4, 0.5) is 0 Å². The second kappa shape index (κ2) is 12.6. The summed E-state index contributed by atoms with van der Waals surface area (Å²) in [5, 5.41) is 9.30. The van der Waals surface area contributed by atoms with E-state index < -0.39 is 9.84 Å². The van der Waals surface area contributed by atoms with Crippen LogP contribution in [0.5, 0.6) is 0 Å². The normalized spacial score (nSPS) is 22.4. The van der Waals surface area contributed by atoms with Gasteiger partial charge in [0.25, 0.3) is 0 Å². The van der Waals surface area contributed by atoms with Gasteiger partial charge in [0.1, 0.15) is 5.76 Å². The van der Waals surface area contributed by atoms with Gasteiger partial charge in [-0.15, -0.1) is 24.0 Å². The van der Waals surface area contributed by atoms with Crippen molar-refractivity contribution in [1.29, 1.82) is 0 Å². The fraction of sp³-hybridized carbons (Fsp3) is 0.700. The van der Waals surface area contributed by atoms with Crippen LogP contribution in [0.15, 0.2) is 27.8 Å². The molecule has 2 saturated heterocycles. The highest BCUT2D eigenvalue weighted by atomic mass is 127. The molecule has 3 rings (SSSR count). The number of rotatable bonds is 8. The summed E-state index contributed by atoms with van der Waals surface area (Å²) in [6, 6.07) is 3.78. The van der Waals surface area contributed by atoms with Gasteiger partial charge in [-0.05, 0) is 44.5 Å². The lowest BCUT2D eigenvalue weighted by molar-refractivity contribution is -0.121. The molecule has 2 aliphatic rings. The molecule has 0 saturated carbocycles. The van der Waals surface area contributed by atoms with Gasteiger partial charge >= 0.3 is 0 Å². The number of nitrogens with one attached hydrogen (secondary N) is 3. The Bertz CT molecular complexity index is 810. The lowest BCUT2D eigenvalue weighted by Gasteiger charge is -2.33. The van der Waals surface area contributed by atoms with E-state index in [1.807, 2.05) is 12.1 Å². The SMILES string of the molecule is CN=C(NCCC(=O)NC1CCS(=O)(=O)C1)NCC(c1ccco1)N1CCCCC1.I. The number of hydrogen-bond donors (Lipinski definition) is 3. The minimum atomic E-state index is -2.99. The molecular weight excluding hydrogens is 533 g/mol. The number of sulfone groups is 1. The molecule has 31 heavy (non-hydrogen) atoms. The molecule has 0 aliphatic carbocycles. The summed E-state index contributed by atoms with van der Waals surface area (Å²) >= 11 is 0. The third-order valence-electron chi connectivity index (χ3n) is 5.63. The predicted molar refractivity (Wildman–Crippen MR) is 131 cm³/mol. The van der Waals surface area contributed by atoms with Crippen molar-refractivity contribution in [3.8, 4) is 0 Å². The molecule has 0 aromatic carbocycles. The van der Waals surface area contributed by atoms with Crippen molar-refractivity contribution in [2.75, 3.05) is 44.7 Å². The zero-order valence-electron chi connectivity index (χ0n) is 18.0. The summed E-state index contributed by atoms with van der Waals surface area (Å²) in [5.41, 5.74) is 0. The number of halogens is 1. The van der Waals surface area contributed by atoms with Crippen LogP contribution in [0, 0.1) is 0 Å².